The molecule has 0 amide bonds. The molecule has 0 unspecified atom stereocenters. The predicted octanol–water partition coefficient (Wildman–Crippen LogP) is 5.43. The van der Waals surface area contributed by atoms with Crippen LogP contribution < -0.4 is 16.2 Å². The normalized spacial score (nSPS) is 21.5. The highest BCUT2D eigenvalue weighted by atomic mass is 35.5. The molecular weight excluding hydrogens is 525 g/mol. The molecule has 2 aliphatic heterocycles. The molecule has 12 heteroatoms. The van der Waals surface area contributed by atoms with Gasteiger partial charge in [0, 0.05) is 29.3 Å². The maximum absolute atomic E-state index is 16.1. The molecule has 4 N–H and O–H groups in total. The van der Waals surface area contributed by atoms with Crippen LogP contribution in [0.4, 0.5) is 24.0 Å². The van der Waals surface area contributed by atoms with Crippen molar-refractivity contribution >= 4 is 54.7 Å². The fraction of sp³-hybridized carbons (Fsp3) is 0.320. The van der Waals surface area contributed by atoms with E-state index in [1.54, 1.807) is 0 Å². The lowest BCUT2D eigenvalue weighted by Gasteiger charge is -2.30. The Hall–Kier alpha value is -3.33. The molecule has 2 aromatic carbocycles. The van der Waals surface area contributed by atoms with E-state index in [4.69, 9.17) is 27.8 Å². The van der Waals surface area contributed by atoms with E-state index in [9.17, 15) is 14.0 Å². The fourth-order valence-electron chi connectivity index (χ4n) is 5.66. The van der Waals surface area contributed by atoms with Crippen molar-refractivity contribution < 1.29 is 17.9 Å². The van der Waals surface area contributed by atoms with Gasteiger partial charge < -0.3 is 16.2 Å². The Morgan fingerprint density at radius 3 is 2.89 bits per heavy atom. The number of thiophene rings is 1. The number of nitrogen functional groups attached to an aromatic ring is 2. The first-order valence-electron chi connectivity index (χ1n) is 11.6. The quantitative estimate of drug-likeness (QED) is 0.352. The topological polar surface area (TPSA) is 114 Å². The summed E-state index contributed by atoms with van der Waals surface area (Å²) in [5, 5.41) is 10.1. The minimum Gasteiger partial charge on any atom is -0.461 e. The summed E-state index contributed by atoms with van der Waals surface area (Å²) in [6, 6.07) is 5.78. The first-order valence-corrected chi connectivity index (χ1v) is 12.8. The predicted molar refractivity (Wildman–Crippen MR) is 137 cm³/mol. The van der Waals surface area contributed by atoms with Gasteiger partial charge in [-0.2, -0.15) is 15.2 Å². The molecule has 0 bridgehead atoms. The highest BCUT2D eigenvalue weighted by molar-refractivity contribution is 7.23. The van der Waals surface area contributed by atoms with Crippen molar-refractivity contribution in [2.75, 3.05) is 31.2 Å². The number of benzene rings is 2. The third kappa shape index (κ3) is 3.66. The Morgan fingerprint density at radius 1 is 1.30 bits per heavy atom. The Bertz CT molecular complexity index is 1640. The molecule has 2 fully saturated rings. The minimum atomic E-state index is -0.925. The van der Waals surface area contributed by atoms with Crippen LogP contribution in [-0.2, 0) is 0 Å². The summed E-state index contributed by atoms with van der Waals surface area (Å²) < 4.78 is 50.8. The number of ether oxygens (including phenoxy) is 1. The van der Waals surface area contributed by atoms with E-state index in [0.29, 0.717) is 13.0 Å². The number of anilines is 2. The summed E-state index contributed by atoms with van der Waals surface area (Å²) in [6.45, 7) is 1.31. The summed E-state index contributed by atoms with van der Waals surface area (Å²) in [5.74, 6) is -1.45. The van der Waals surface area contributed by atoms with Crippen LogP contribution in [0.25, 0.3) is 32.1 Å². The van der Waals surface area contributed by atoms with Gasteiger partial charge in [-0.25, -0.2) is 13.2 Å². The van der Waals surface area contributed by atoms with Crippen LogP contribution in [-0.4, -0.2) is 46.3 Å². The number of halogens is 4. The average Bonchev–Trinajstić information content (AvgIpc) is 3.49. The molecule has 2 aliphatic rings. The van der Waals surface area contributed by atoms with E-state index in [-0.39, 0.29) is 66.1 Å². The summed E-state index contributed by atoms with van der Waals surface area (Å²) in [5.41, 5.74) is 11.6. The van der Waals surface area contributed by atoms with Crippen molar-refractivity contribution in [2.24, 2.45) is 0 Å². The van der Waals surface area contributed by atoms with Crippen LogP contribution in [0.2, 0.25) is 5.02 Å². The van der Waals surface area contributed by atoms with E-state index < -0.39 is 23.3 Å². The van der Waals surface area contributed by atoms with Gasteiger partial charge >= 0.3 is 6.01 Å². The number of fused-ring (bicyclic) bond motifs is 3. The highest BCUT2D eigenvalue weighted by Gasteiger charge is 2.49. The summed E-state index contributed by atoms with van der Waals surface area (Å²) in [6.07, 6.45) is 1.16. The molecule has 7 nitrogen and oxygen atoms in total. The second-order valence-corrected chi connectivity index (χ2v) is 10.9. The van der Waals surface area contributed by atoms with E-state index in [2.05, 4.69) is 14.9 Å². The summed E-state index contributed by atoms with van der Waals surface area (Å²) in [7, 11) is 0. The van der Waals surface area contributed by atoms with Gasteiger partial charge in [-0.1, -0.05) is 17.7 Å². The van der Waals surface area contributed by atoms with Crippen LogP contribution >= 0.6 is 22.9 Å². The maximum Gasteiger partial charge on any atom is 0.319 e. The lowest BCUT2D eigenvalue weighted by molar-refractivity contribution is 0.107. The van der Waals surface area contributed by atoms with Crippen LogP contribution in [0.5, 0.6) is 6.01 Å². The number of nitriles is 1. The molecule has 4 aromatic rings. The number of rotatable bonds is 4. The van der Waals surface area contributed by atoms with Crippen molar-refractivity contribution in [1.82, 2.24) is 14.9 Å². The van der Waals surface area contributed by atoms with Crippen molar-refractivity contribution in [3.63, 3.8) is 0 Å². The van der Waals surface area contributed by atoms with Gasteiger partial charge in [0.1, 0.15) is 41.0 Å². The highest BCUT2D eigenvalue weighted by Crippen LogP contribution is 2.45. The van der Waals surface area contributed by atoms with Crippen molar-refractivity contribution in [2.45, 2.75) is 31.0 Å². The van der Waals surface area contributed by atoms with Gasteiger partial charge in [0.2, 0.25) is 0 Å². The Morgan fingerprint density at radius 2 is 2.11 bits per heavy atom. The van der Waals surface area contributed by atoms with E-state index in [1.807, 2.05) is 6.07 Å². The van der Waals surface area contributed by atoms with Crippen molar-refractivity contribution in [3.8, 4) is 23.2 Å². The fourth-order valence-corrected chi connectivity index (χ4v) is 6.91. The average molecular weight is 545 g/mol. The van der Waals surface area contributed by atoms with Crippen molar-refractivity contribution in [3.05, 3.63) is 40.4 Å². The van der Waals surface area contributed by atoms with Gasteiger partial charge in [0.25, 0.3) is 0 Å². The van der Waals surface area contributed by atoms with Crippen LogP contribution in [0, 0.1) is 23.0 Å². The molecule has 190 valence electrons. The summed E-state index contributed by atoms with van der Waals surface area (Å²) in [4.78, 5) is 10.5. The molecular formula is C25H20ClF3N6OS. The van der Waals surface area contributed by atoms with Crippen molar-refractivity contribution in [1.29, 1.82) is 5.26 Å². The van der Waals surface area contributed by atoms with Gasteiger partial charge in [-0.05, 0) is 37.1 Å². The molecule has 37 heavy (non-hydrogen) atoms. The number of hydrogen-bond donors (Lipinski definition) is 2. The number of alkyl halides is 1. The second kappa shape index (κ2) is 8.62. The molecule has 0 saturated carbocycles. The zero-order valence-corrected chi connectivity index (χ0v) is 20.9. The number of hydrogen-bond acceptors (Lipinski definition) is 8. The second-order valence-electron chi connectivity index (χ2n) is 9.45. The van der Waals surface area contributed by atoms with Gasteiger partial charge in [0.05, 0.1) is 20.8 Å². The van der Waals surface area contributed by atoms with Crippen LogP contribution in [0.3, 0.4) is 0 Å². The molecule has 0 radical (unpaired) electrons. The van der Waals surface area contributed by atoms with Gasteiger partial charge in [-0.15, -0.1) is 11.3 Å². The standard InChI is InChI=1S/C25H20ClF3N6OS/c26-15-6-13-20(19(29)18(15)12-2-3-16(28)21-17(12)14(8-30)23(32)37-21)33-24(34-22(13)31)36-10-25-4-1-5-35(25)9-11(27)7-25/h2-3,6,11H,1,4-5,7,9-10,32H2,(H2,31,33,34)/t11-,25+/m1/s1. The molecule has 0 aliphatic carbocycles. The summed E-state index contributed by atoms with van der Waals surface area (Å²) >= 11 is 7.39. The lowest BCUT2D eigenvalue weighted by atomic mass is 9.95. The SMILES string of the molecule is N#Cc1c(N)sc2c(F)ccc(-c3c(Cl)cc4c(N)nc(OC[C@@]56CCCN5C[C@H](F)C6)nc4c3F)c12. The number of aromatic nitrogens is 2. The molecule has 6 rings (SSSR count). The lowest BCUT2D eigenvalue weighted by Crippen LogP contribution is -2.43. The van der Waals surface area contributed by atoms with E-state index >= 15 is 4.39 Å². The molecule has 2 atom stereocenters. The zero-order chi connectivity index (χ0) is 26.1. The first-order chi connectivity index (χ1) is 17.7. The van der Waals surface area contributed by atoms with Gasteiger partial charge in [-0.3, -0.25) is 4.90 Å². The van der Waals surface area contributed by atoms with E-state index in [1.165, 1.54) is 18.2 Å². The molecule has 0 spiro atoms. The maximum atomic E-state index is 16.1. The van der Waals surface area contributed by atoms with Crippen LogP contribution in [0.1, 0.15) is 24.8 Å². The molecule has 2 aromatic heterocycles. The third-order valence-corrected chi connectivity index (χ3v) is 8.65. The van der Waals surface area contributed by atoms with Crippen LogP contribution in [0.15, 0.2) is 18.2 Å². The van der Waals surface area contributed by atoms with E-state index in [0.717, 1.165) is 30.7 Å². The van der Waals surface area contributed by atoms with Gasteiger partial charge in [0.15, 0.2) is 5.82 Å². The largest absolute Gasteiger partial charge is 0.461 e. The first kappa shape index (κ1) is 24.0. The number of nitrogens with two attached hydrogens (primary N) is 2. The Balaban J connectivity index is 1.47. The molecule has 4 heterocycles. The monoisotopic (exact) mass is 544 g/mol. The Kier molecular flexibility index (Phi) is 5.60. The zero-order valence-electron chi connectivity index (χ0n) is 19.3. The molecule has 2 saturated heterocycles. The third-order valence-electron chi connectivity index (χ3n) is 7.32. The smallest absolute Gasteiger partial charge is 0.319 e. The number of nitrogens with zero attached hydrogens (tertiary/aromatic N) is 4. The Labute approximate surface area is 218 Å². The minimum absolute atomic E-state index is 0.0176.